The number of ether oxygens (including phenoxy) is 1. The van der Waals surface area contributed by atoms with Crippen molar-refractivity contribution in [2.24, 2.45) is 0 Å². The maximum atomic E-state index is 5.60. The lowest BCUT2D eigenvalue weighted by Gasteiger charge is -2.10. The van der Waals surface area contributed by atoms with Crippen LogP contribution in [0.3, 0.4) is 0 Å². The van der Waals surface area contributed by atoms with Gasteiger partial charge in [0.1, 0.15) is 5.82 Å². The molecule has 0 aliphatic heterocycles. The van der Waals surface area contributed by atoms with E-state index in [4.69, 9.17) is 4.74 Å². The monoisotopic (exact) mass is 261 g/mol. The minimum absolute atomic E-state index is 0.433. The molecule has 2 aromatic rings. The van der Waals surface area contributed by atoms with Crippen LogP contribution in [-0.4, -0.2) is 29.8 Å². The van der Waals surface area contributed by atoms with E-state index in [1.54, 1.807) is 0 Å². The molecule has 0 saturated carbocycles. The van der Waals surface area contributed by atoms with Crippen LogP contribution in [0.4, 0.5) is 0 Å². The van der Waals surface area contributed by atoms with Gasteiger partial charge in [0.05, 0.1) is 24.2 Å². The van der Waals surface area contributed by atoms with Crippen LogP contribution in [-0.2, 0) is 11.3 Å². The highest BCUT2D eigenvalue weighted by molar-refractivity contribution is 5.77. The second-order valence-corrected chi connectivity index (χ2v) is 5.10. The Morgan fingerprint density at radius 3 is 2.84 bits per heavy atom. The molecule has 1 aromatic heterocycles. The minimum Gasteiger partial charge on any atom is -0.375 e. The highest BCUT2D eigenvalue weighted by Crippen LogP contribution is 2.22. The van der Waals surface area contributed by atoms with Crippen LogP contribution in [0.25, 0.3) is 11.0 Å². The average Bonchev–Trinajstić information content (AvgIpc) is 2.69. The molecule has 0 unspecified atom stereocenters. The third kappa shape index (κ3) is 3.14. The number of nitrogens with one attached hydrogen (secondary N) is 1. The van der Waals surface area contributed by atoms with Gasteiger partial charge in [-0.1, -0.05) is 6.07 Å². The fraction of sp³-hybridized carbons (Fsp3) is 0.533. The number of nitrogens with zero attached hydrogens (tertiary/aromatic N) is 2. The van der Waals surface area contributed by atoms with Crippen molar-refractivity contribution in [3.05, 3.63) is 29.6 Å². The maximum Gasteiger partial charge on any atom is 0.106 e. The molecular weight excluding hydrogens is 238 g/mol. The molecule has 1 aromatic carbocycles. The summed E-state index contributed by atoms with van der Waals surface area (Å²) in [5.74, 6) is 1.07. The smallest absolute Gasteiger partial charge is 0.106 e. The zero-order valence-corrected chi connectivity index (χ0v) is 12.2. The highest BCUT2D eigenvalue weighted by atomic mass is 16.5. The van der Waals surface area contributed by atoms with Crippen LogP contribution in [0.5, 0.6) is 0 Å². The minimum atomic E-state index is 0.433. The molecule has 0 saturated heterocycles. The number of fused-ring (bicyclic) bond motifs is 1. The summed E-state index contributed by atoms with van der Waals surface area (Å²) in [4.78, 5) is 4.63. The summed E-state index contributed by atoms with van der Waals surface area (Å²) in [5.41, 5.74) is 3.43. The van der Waals surface area contributed by atoms with Gasteiger partial charge in [-0.2, -0.15) is 0 Å². The number of hydrogen-bond donors (Lipinski definition) is 1. The largest absolute Gasteiger partial charge is 0.375 e. The lowest BCUT2D eigenvalue weighted by molar-refractivity contribution is 0.124. The van der Waals surface area contributed by atoms with Crippen LogP contribution in [0.1, 0.15) is 31.3 Å². The highest BCUT2D eigenvalue weighted by Gasteiger charge is 2.10. The van der Waals surface area contributed by atoms with Gasteiger partial charge in [-0.15, -0.1) is 0 Å². The fourth-order valence-electron chi connectivity index (χ4n) is 2.37. The van der Waals surface area contributed by atoms with Gasteiger partial charge in [0, 0.05) is 12.6 Å². The molecule has 0 spiro atoms. The Hall–Kier alpha value is -1.39. The van der Waals surface area contributed by atoms with Crippen LogP contribution in [0, 0.1) is 6.92 Å². The van der Waals surface area contributed by atoms with Crippen molar-refractivity contribution in [1.29, 1.82) is 0 Å². The molecule has 0 aliphatic rings. The maximum absolute atomic E-state index is 5.60. The molecular formula is C15H23N3O. The lowest BCUT2D eigenvalue weighted by Crippen LogP contribution is -2.13. The molecule has 0 amide bonds. The van der Waals surface area contributed by atoms with Crippen molar-refractivity contribution in [1.82, 2.24) is 14.9 Å². The normalized spacial score (nSPS) is 11.6. The average molecular weight is 261 g/mol. The molecule has 1 N–H and O–H groups in total. The molecule has 19 heavy (non-hydrogen) atoms. The molecule has 0 atom stereocenters. The first kappa shape index (κ1) is 14.0. The molecule has 1 heterocycles. The lowest BCUT2D eigenvalue weighted by atomic mass is 10.2. The van der Waals surface area contributed by atoms with Gasteiger partial charge in [0.2, 0.25) is 0 Å². The van der Waals surface area contributed by atoms with E-state index >= 15 is 0 Å². The van der Waals surface area contributed by atoms with Crippen molar-refractivity contribution >= 4 is 11.0 Å². The molecule has 0 bridgehead atoms. The number of benzene rings is 1. The Kier molecular flexibility index (Phi) is 4.56. The van der Waals surface area contributed by atoms with Crippen LogP contribution >= 0.6 is 0 Å². The number of likely N-dealkylation sites (N-methyl/N-ethyl adjacent to an activating group) is 1. The van der Waals surface area contributed by atoms with E-state index < -0.39 is 0 Å². The summed E-state index contributed by atoms with van der Waals surface area (Å²) in [7, 11) is 1.93. The number of rotatable bonds is 6. The van der Waals surface area contributed by atoms with Gasteiger partial charge < -0.3 is 14.6 Å². The summed E-state index contributed by atoms with van der Waals surface area (Å²) in [6.07, 6.45) is 0. The second-order valence-electron chi connectivity index (χ2n) is 5.10. The SMILES string of the molecule is CNCCOCc1ccc2c(c1)nc(C)n2C(C)C. The third-order valence-electron chi connectivity index (χ3n) is 3.21. The predicted octanol–water partition coefficient (Wildman–Crippen LogP) is 2.66. The van der Waals surface area contributed by atoms with E-state index in [9.17, 15) is 0 Å². The molecule has 2 rings (SSSR count). The van der Waals surface area contributed by atoms with E-state index in [0.717, 1.165) is 24.5 Å². The van der Waals surface area contributed by atoms with Gasteiger partial charge in [-0.25, -0.2) is 4.98 Å². The predicted molar refractivity (Wildman–Crippen MR) is 78.4 cm³/mol. The molecule has 4 nitrogen and oxygen atoms in total. The zero-order valence-electron chi connectivity index (χ0n) is 12.2. The standard InChI is InChI=1S/C15H23N3O/c1-11(2)18-12(3)17-14-9-13(5-6-15(14)18)10-19-8-7-16-4/h5-6,9,11,16H,7-8,10H2,1-4H3. The summed E-state index contributed by atoms with van der Waals surface area (Å²) in [6, 6.07) is 6.83. The van der Waals surface area contributed by atoms with E-state index in [0.29, 0.717) is 12.6 Å². The Bertz CT molecular complexity index is 546. The topological polar surface area (TPSA) is 39.1 Å². The molecule has 0 fully saturated rings. The molecule has 104 valence electrons. The van der Waals surface area contributed by atoms with Crippen LogP contribution < -0.4 is 5.32 Å². The van der Waals surface area contributed by atoms with E-state index in [1.807, 2.05) is 7.05 Å². The Labute approximate surface area is 114 Å². The van der Waals surface area contributed by atoms with Crippen LogP contribution in [0.15, 0.2) is 18.2 Å². The third-order valence-corrected chi connectivity index (χ3v) is 3.21. The summed E-state index contributed by atoms with van der Waals surface area (Å²) >= 11 is 0. The number of aryl methyl sites for hydroxylation is 1. The van der Waals surface area contributed by atoms with Crippen molar-refractivity contribution in [3.8, 4) is 0 Å². The quantitative estimate of drug-likeness (QED) is 0.813. The van der Waals surface area contributed by atoms with Gasteiger partial charge in [-0.3, -0.25) is 0 Å². The first-order valence-corrected chi connectivity index (χ1v) is 6.83. The number of hydrogen-bond acceptors (Lipinski definition) is 3. The van der Waals surface area contributed by atoms with E-state index in [-0.39, 0.29) is 0 Å². The number of imidazole rings is 1. The van der Waals surface area contributed by atoms with Crippen LogP contribution in [0.2, 0.25) is 0 Å². The Balaban J connectivity index is 2.17. The van der Waals surface area contributed by atoms with Crippen molar-refractivity contribution < 1.29 is 4.74 Å². The van der Waals surface area contributed by atoms with E-state index in [1.165, 1.54) is 11.1 Å². The summed E-state index contributed by atoms with van der Waals surface area (Å²) in [6.45, 7) is 8.68. The van der Waals surface area contributed by atoms with Gasteiger partial charge >= 0.3 is 0 Å². The van der Waals surface area contributed by atoms with Gasteiger partial charge in [0.15, 0.2) is 0 Å². The van der Waals surface area contributed by atoms with Gasteiger partial charge in [0.25, 0.3) is 0 Å². The summed E-state index contributed by atoms with van der Waals surface area (Å²) < 4.78 is 7.86. The zero-order chi connectivity index (χ0) is 13.8. The number of aromatic nitrogens is 2. The van der Waals surface area contributed by atoms with E-state index in [2.05, 4.69) is 53.8 Å². The molecule has 0 radical (unpaired) electrons. The second kappa shape index (κ2) is 6.17. The first-order valence-electron chi connectivity index (χ1n) is 6.83. The summed E-state index contributed by atoms with van der Waals surface area (Å²) in [5, 5.41) is 3.07. The fourth-order valence-corrected chi connectivity index (χ4v) is 2.37. The molecule has 4 heteroatoms. The first-order chi connectivity index (χ1) is 9.13. The van der Waals surface area contributed by atoms with Crippen molar-refractivity contribution in [3.63, 3.8) is 0 Å². The Morgan fingerprint density at radius 2 is 2.16 bits per heavy atom. The molecule has 0 aliphatic carbocycles. The van der Waals surface area contributed by atoms with Crippen molar-refractivity contribution in [2.75, 3.05) is 20.2 Å². The van der Waals surface area contributed by atoms with Crippen molar-refractivity contribution in [2.45, 2.75) is 33.4 Å². The Morgan fingerprint density at radius 1 is 1.37 bits per heavy atom. The van der Waals surface area contributed by atoms with Gasteiger partial charge in [-0.05, 0) is 45.5 Å².